The molecule has 7 heteroatoms. The second-order valence-corrected chi connectivity index (χ2v) is 6.49. The van der Waals surface area contributed by atoms with Gasteiger partial charge in [0.25, 0.3) is 0 Å². The molecule has 0 radical (unpaired) electrons. The van der Waals surface area contributed by atoms with Gasteiger partial charge in [-0.3, -0.25) is 10.2 Å². The number of carbonyl (C=O) groups is 1. The van der Waals surface area contributed by atoms with Gasteiger partial charge in [0.1, 0.15) is 17.7 Å². The lowest BCUT2D eigenvalue weighted by Crippen LogP contribution is -2.34. The molecule has 1 heterocycles. The fraction of sp³-hybridized carbons (Fsp3) is 0.300. The molecule has 142 valence electrons. The van der Waals surface area contributed by atoms with Crippen LogP contribution >= 0.6 is 0 Å². The van der Waals surface area contributed by atoms with Crippen molar-refractivity contribution in [3.63, 3.8) is 0 Å². The molecule has 27 heavy (non-hydrogen) atoms. The molecule has 0 saturated carbocycles. The molecule has 1 aliphatic rings. The molecule has 7 nitrogen and oxygen atoms in total. The van der Waals surface area contributed by atoms with E-state index in [9.17, 15) is 4.79 Å². The molecule has 0 spiro atoms. The maximum Gasteiger partial charge on any atom is 0.243 e. The van der Waals surface area contributed by atoms with Crippen molar-refractivity contribution >= 4 is 23.1 Å². The molecule has 0 bridgehead atoms. The van der Waals surface area contributed by atoms with Crippen molar-refractivity contribution in [2.24, 2.45) is 5.73 Å². The number of ether oxygens (including phenoxy) is 1. The number of carbonyl (C=O) groups excluding carboxylic acids is 1. The van der Waals surface area contributed by atoms with Gasteiger partial charge in [-0.2, -0.15) is 0 Å². The molecule has 0 unspecified atom stereocenters. The Balaban J connectivity index is 1.47. The van der Waals surface area contributed by atoms with Crippen LogP contribution < -0.4 is 26.4 Å². The highest BCUT2D eigenvalue weighted by Crippen LogP contribution is 2.19. The number of piperidine rings is 1. The molecule has 1 saturated heterocycles. The highest BCUT2D eigenvalue weighted by atomic mass is 16.5. The number of amidine groups is 1. The van der Waals surface area contributed by atoms with Crippen molar-refractivity contribution in [3.8, 4) is 5.75 Å². The molecular weight excluding hydrogens is 342 g/mol. The molecule has 1 fully saturated rings. The summed E-state index contributed by atoms with van der Waals surface area (Å²) in [5, 5.41) is 16.6. The van der Waals surface area contributed by atoms with E-state index in [1.165, 1.54) is 0 Å². The van der Waals surface area contributed by atoms with Crippen LogP contribution in [0.4, 0.5) is 11.4 Å². The lowest BCUT2D eigenvalue weighted by Gasteiger charge is -2.23. The second kappa shape index (κ2) is 9.05. The fourth-order valence-corrected chi connectivity index (χ4v) is 2.91. The van der Waals surface area contributed by atoms with E-state index >= 15 is 0 Å². The Kier molecular flexibility index (Phi) is 6.27. The van der Waals surface area contributed by atoms with E-state index in [-0.39, 0.29) is 24.4 Å². The maximum atomic E-state index is 12.1. The zero-order chi connectivity index (χ0) is 19.1. The van der Waals surface area contributed by atoms with Gasteiger partial charge in [-0.15, -0.1) is 0 Å². The van der Waals surface area contributed by atoms with E-state index in [1.807, 2.05) is 30.3 Å². The number of rotatable bonds is 7. The van der Waals surface area contributed by atoms with Crippen LogP contribution in [0.5, 0.6) is 5.75 Å². The smallest absolute Gasteiger partial charge is 0.243 e. The minimum absolute atomic E-state index is 0.00472. The normalized spacial score (nSPS) is 14.4. The lowest BCUT2D eigenvalue weighted by atomic mass is 10.1. The number of nitrogen functional groups attached to an aromatic ring is 1. The quantitative estimate of drug-likeness (QED) is 0.380. The van der Waals surface area contributed by atoms with E-state index in [0.29, 0.717) is 5.56 Å². The Morgan fingerprint density at radius 2 is 1.89 bits per heavy atom. The number of nitrogens with two attached hydrogens (primary N) is 1. The van der Waals surface area contributed by atoms with E-state index < -0.39 is 0 Å². The molecule has 1 amide bonds. The van der Waals surface area contributed by atoms with Gasteiger partial charge in [-0.05, 0) is 62.3 Å². The SMILES string of the molecule is N=C(N)c1cccc(NCC(=O)Nc2ccc(OC3CCNCC3)cc2)c1. The van der Waals surface area contributed by atoms with Crippen LogP contribution in [0.15, 0.2) is 48.5 Å². The first-order chi connectivity index (χ1) is 13.1. The Labute approximate surface area is 158 Å². The predicted octanol–water partition coefficient (Wildman–Crippen LogP) is 2.15. The van der Waals surface area contributed by atoms with Crippen LogP contribution in [-0.2, 0) is 4.79 Å². The van der Waals surface area contributed by atoms with E-state index in [0.717, 1.165) is 43.1 Å². The number of amides is 1. The maximum absolute atomic E-state index is 12.1. The van der Waals surface area contributed by atoms with Gasteiger partial charge in [-0.1, -0.05) is 12.1 Å². The molecule has 2 aromatic rings. The van der Waals surface area contributed by atoms with Crippen molar-refractivity contribution < 1.29 is 9.53 Å². The fourth-order valence-electron chi connectivity index (χ4n) is 2.91. The van der Waals surface area contributed by atoms with Gasteiger partial charge in [0, 0.05) is 16.9 Å². The van der Waals surface area contributed by atoms with Gasteiger partial charge in [0.2, 0.25) is 5.91 Å². The summed E-state index contributed by atoms with van der Waals surface area (Å²) in [6.45, 7) is 2.09. The minimum atomic E-state index is -0.157. The average molecular weight is 367 g/mol. The molecule has 3 rings (SSSR count). The molecule has 0 aliphatic carbocycles. The predicted molar refractivity (Wildman–Crippen MR) is 108 cm³/mol. The van der Waals surface area contributed by atoms with E-state index in [4.69, 9.17) is 15.9 Å². The second-order valence-electron chi connectivity index (χ2n) is 6.49. The molecule has 2 aromatic carbocycles. The zero-order valence-corrected chi connectivity index (χ0v) is 15.1. The molecule has 0 atom stereocenters. The van der Waals surface area contributed by atoms with Crippen molar-refractivity contribution in [3.05, 3.63) is 54.1 Å². The summed E-state index contributed by atoms with van der Waals surface area (Å²) >= 11 is 0. The van der Waals surface area contributed by atoms with Gasteiger partial charge >= 0.3 is 0 Å². The summed E-state index contributed by atoms with van der Waals surface area (Å²) in [5.41, 5.74) is 7.55. The third kappa shape index (κ3) is 5.72. The Morgan fingerprint density at radius 1 is 1.15 bits per heavy atom. The molecule has 0 aromatic heterocycles. The van der Waals surface area contributed by atoms with Gasteiger partial charge in [0.15, 0.2) is 0 Å². The first-order valence-corrected chi connectivity index (χ1v) is 9.06. The van der Waals surface area contributed by atoms with Crippen LogP contribution in [0.25, 0.3) is 0 Å². The van der Waals surface area contributed by atoms with Crippen molar-refractivity contribution in [1.82, 2.24) is 5.32 Å². The highest BCUT2D eigenvalue weighted by Gasteiger charge is 2.14. The zero-order valence-electron chi connectivity index (χ0n) is 15.1. The van der Waals surface area contributed by atoms with Crippen LogP contribution in [0.3, 0.4) is 0 Å². The average Bonchev–Trinajstić information content (AvgIpc) is 2.69. The first kappa shape index (κ1) is 18.7. The first-order valence-electron chi connectivity index (χ1n) is 9.06. The third-order valence-corrected chi connectivity index (χ3v) is 4.35. The number of hydrogen-bond acceptors (Lipinski definition) is 5. The van der Waals surface area contributed by atoms with E-state index in [1.54, 1.807) is 18.2 Å². The van der Waals surface area contributed by atoms with Gasteiger partial charge in [-0.25, -0.2) is 0 Å². The van der Waals surface area contributed by atoms with Crippen molar-refractivity contribution in [2.75, 3.05) is 30.3 Å². The van der Waals surface area contributed by atoms with Crippen molar-refractivity contribution in [2.45, 2.75) is 18.9 Å². The summed E-state index contributed by atoms with van der Waals surface area (Å²) in [7, 11) is 0. The van der Waals surface area contributed by atoms with Crippen molar-refractivity contribution in [1.29, 1.82) is 5.41 Å². The van der Waals surface area contributed by atoms with Crippen LogP contribution in [0.1, 0.15) is 18.4 Å². The largest absolute Gasteiger partial charge is 0.490 e. The van der Waals surface area contributed by atoms with Crippen LogP contribution in [0, 0.1) is 5.41 Å². The minimum Gasteiger partial charge on any atom is -0.490 e. The van der Waals surface area contributed by atoms with Crippen LogP contribution in [-0.4, -0.2) is 37.5 Å². The number of anilines is 2. The highest BCUT2D eigenvalue weighted by molar-refractivity contribution is 5.96. The summed E-state index contributed by atoms with van der Waals surface area (Å²) < 4.78 is 5.96. The molecule has 6 N–H and O–H groups in total. The summed E-state index contributed by atoms with van der Waals surface area (Å²) in [5.74, 6) is 0.657. The number of benzene rings is 2. The summed E-state index contributed by atoms with van der Waals surface area (Å²) in [6.07, 6.45) is 2.27. The Bertz CT molecular complexity index is 785. The standard InChI is InChI=1S/C20H25N5O2/c21-20(22)14-2-1-3-16(12-14)24-13-19(26)25-15-4-6-17(7-5-15)27-18-8-10-23-11-9-18/h1-7,12,18,23-24H,8-11,13H2,(H3,21,22)(H,25,26). The topological polar surface area (TPSA) is 112 Å². The monoisotopic (exact) mass is 367 g/mol. The number of nitrogens with one attached hydrogen (secondary N) is 4. The Morgan fingerprint density at radius 3 is 2.59 bits per heavy atom. The van der Waals surface area contributed by atoms with Gasteiger partial charge < -0.3 is 26.4 Å². The Hall–Kier alpha value is -3.06. The number of hydrogen-bond donors (Lipinski definition) is 5. The third-order valence-electron chi connectivity index (χ3n) is 4.35. The molecular formula is C20H25N5O2. The van der Waals surface area contributed by atoms with Gasteiger partial charge in [0.05, 0.1) is 6.54 Å². The van der Waals surface area contributed by atoms with Crippen LogP contribution in [0.2, 0.25) is 0 Å². The molecule has 1 aliphatic heterocycles. The summed E-state index contributed by atoms with van der Waals surface area (Å²) in [6, 6.07) is 14.5. The summed E-state index contributed by atoms with van der Waals surface area (Å²) in [4.78, 5) is 12.1. The van der Waals surface area contributed by atoms with E-state index in [2.05, 4.69) is 16.0 Å². The lowest BCUT2D eigenvalue weighted by molar-refractivity contribution is -0.114.